The molecule has 0 spiro atoms. The molecular formula is C16H18N2O3S. The Morgan fingerprint density at radius 1 is 1.09 bits per heavy atom. The molecule has 0 heterocycles. The molecule has 0 radical (unpaired) electrons. The summed E-state index contributed by atoms with van der Waals surface area (Å²) >= 11 is 0. The molecule has 2 aromatic carbocycles. The highest BCUT2D eigenvalue weighted by atomic mass is 32.2. The largest absolute Gasteiger partial charge is 0.322 e. The van der Waals surface area contributed by atoms with Gasteiger partial charge in [-0.15, -0.1) is 0 Å². The molecule has 1 amide bonds. The molecule has 0 atom stereocenters. The third-order valence-corrected chi connectivity index (χ3v) is 4.50. The lowest BCUT2D eigenvalue weighted by molar-refractivity contribution is 0.102. The number of hydrogen-bond acceptors (Lipinski definition) is 3. The van der Waals surface area contributed by atoms with Crippen LogP contribution < -0.4 is 10.5 Å². The van der Waals surface area contributed by atoms with Gasteiger partial charge in [-0.2, -0.15) is 0 Å². The van der Waals surface area contributed by atoms with Crippen molar-refractivity contribution in [2.45, 2.75) is 25.7 Å². The highest BCUT2D eigenvalue weighted by molar-refractivity contribution is 7.89. The van der Waals surface area contributed by atoms with Gasteiger partial charge in [0.05, 0.1) is 4.90 Å². The quantitative estimate of drug-likeness (QED) is 0.911. The minimum atomic E-state index is -3.87. The van der Waals surface area contributed by atoms with Gasteiger partial charge in [-0.05, 0) is 61.7 Å². The Bertz CT molecular complexity index is 842. The summed E-state index contributed by atoms with van der Waals surface area (Å²) in [6.07, 6.45) is 0. The van der Waals surface area contributed by atoms with Crippen LogP contribution in [0.2, 0.25) is 0 Å². The highest BCUT2D eigenvalue weighted by Gasteiger charge is 2.17. The lowest BCUT2D eigenvalue weighted by atomic mass is 10.1. The van der Waals surface area contributed by atoms with Gasteiger partial charge in [0, 0.05) is 11.3 Å². The van der Waals surface area contributed by atoms with Crippen LogP contribution >= 0.6 is 0 Å². The first-order valence-corrected chi connectivity index (χ1v) is 8.25. The maximum atomic E-state index is 12.3. The fourth-order valence-corrected chi connectivity index (χ4v) is 3.06. The number of rotatable bonds is 3. The topological polar surface area (TPSA) is 89.3 Å². The van der Waals surface area contributed by atoms with Crippen molar-refractivity contribution in [3.8, 4) is 0 Å². The van der Waals surface area contributed by atoms with Gasteiger partial charge in [0.1, 0.15) is 0 Å². The summed E-state index contributed by atoms with van der Waals surface area (Å²) in [5.41, 5.74) is 3.17. The van der Waals surface area contributed by atoms with Crippen molar-refractivity contribution in [3.63, 3.8) is 0 Å². The maximum absolute atomic E-state index is 12.3. The van der Waals surface area contributed by atoms with Crippen molar-refractivity contribution in [1.29, 1.82) is 0 Å². The van der Waals surface area contributed by atoms with Crippen molar-refractivity contribution < 1.29 is 13.2 Å². The van der Waals surface area contributed by atoms with E-state index in [-0.39, 0.29) is 16.4 Å². The molecule has 0 aliphatic heterocycles. The zero-order valence-electron chi connectivity index (χ0n) is 12.7. The Labute approximate surface area is 130 Å². The molecule has 116 valence electrons. The first kappa shape index (κ1) is 16.2. The zero-order chi connectivity index (χ0) is 16.5. The van der Waals surface area contributed by atoms with Gasteiger partial charge in [0.15, 0.2) is 0 Å². The summed E-state index contributed by atoms with van der Waals surface area (Å²) in [7, 11) is -3.87. The van der Waals surface area contributed by atoms with E-state index in [4.69, 9.17) is 5.14 Å². The molecule has 6 heteroatoms. The van der Waals surface area contributed by atoms with E-state index in [9.17, 15) is 13.2 Å². The Kier molecular flexibility index (Phi) is 4.35. The van der Waals surface area contributed by atoms with Gasteiger partial charge in [0.2, 0.25) is 10.0 Å². The van der Waals surface area contributed by atoms with Gasteiger partial charge in [-0.3, -0.25) is 4.79 Å². The van der Waals surface area contributed by atoms with Crippen molar-refractivity contribution >= 4 is 21.6 Å². The number of sulfonamides is 1. The van der Waals surface area contributed by atoms with Gasteiger partial charge < -0.3 is 5.32 Å². The number of anilines is 1. The van der Waals surface area contributed by atoms with E-state index in [1.807, 2.05) is 25.1 Å². The van der Waals surface area contributed by atoms with E-state index in [1.165, 1.54) is 6.07 Å². The molecule has 0 saturated carbocycles. The molecule has 0 unspecified atom stereocenters. The predicted molar refractivity (Wildman–Crippen MR) is 86.4 cm³/mol. The molecule has 0 aliphatic carbocycles. The lowest BCUT2D eigenvalue weighted by Crippen LogP contribution is -2.17. The Morgan fingerprint density at radius 2 is 1.77 bits per heavy atom. The Hall–Kier alpha value is -2.18. The highest BCUT2D eigenvalue weighted by Crippen LogP contribution is 2.21. The maximum Gasteiger partial charge on any atom is 0.255 e. The summed E-state index contributed by atoms with van der Waals surface area (Å²) in [6, 6.07) is 10.3. The number of amides is 1. The minimum Gasteiger partial charge on any atom is -0.322 e. The first-order valence-electron chi connectivity index (χ1n) is 6.70. The summed E-state index contributed by atoms with van der Waals surface area (Å²) in [5.74, 6) is -0.376. The van der Waals surface area contributed by atoms with Crippen molar-refractivity contribution in [2.24, 2.45) is 5.14 Å². The monoisotopic (exact) mass is 318 g/mol. The number of primary sulfonamides is 1. The molecule has 2 rings (SSSR count). The fourth-order valence-electron chi connectivity index (χ4n) is 2.18. The number of carbonyl (C=O) groups excluding carboxylic acids is 1. The molecule has 0 aromatic heterocycles. The van der Waals surface area contributed by atoms with E-state index < -0.39 is 10.0 Å². The summed E-state index contributed by atoms with van der Waals surface area (Å²) in [6.45, 7) is 5.33. The first-order chi connectivity index (χ1) is 10.2. The SMILES string of the molecule is Cc1cccc(NC(=O)c2cc(C)c(C)c(S(N)(=O)=O)c2)c1. The van der Waals surface area contributed by atoms with E-state index in [1.54, 1.807) is 26.0 Å². The summed E-state index contributed by atoms with van der Waals surface area (Å²) in [4.78, 5) is 12.3. The van der Waals surface area contributed by atoms with Gasteiger partial charge >= 0.3 is 0 Å². The van der Waals surface area contributed by atoms with Crippen LogP contribution in [0.15, 0.2) is 41.3 Å². The van der Waals surface area contributed by atoms with Crippen LogP contribution in [0.1, 0.15) is 27.0 Å². The minimum absolute atomic E-state index is 0.0260. The molecule has 0 aliphatic rings. The number of nitrogens with one attached hydrogen (secondary N) is 1. The number of nitrogens with two attached hydrogens (primary N) is 1. The second kappa shape index (κ2) is 5.90. The average Bonchev–Trinajstić information content (AvgIpc) is 2.40. The van der Waals surface area contributed by atoms with Crippen LogP contribution in [0.3, 0.4) is 0 Å². The van der Waals surface area contributed by atoms with Crippen molar-refractivity contribution in [2.75, 3.05) is 5.32 Å². The van der Waals surface area contributed by atoms with Crippen LogP contribution in [0, 0.1) is 20.8 Å². The molecule has 22 heavy (non-hydrogen) atoms. The Morgan fingerprint density at radius 3 is 2.36 bits per heavy atom. The van der Waals surface area contributed by atoms with Gasteiger partial charge in [0.25, 0.3) is 5.91 Å². The van der Waals surface area contributed by atoms with Crippen molar-refractivity contribution in [1.82, 2.24) is 0 Å². The van der Waals surface area contributed by atoms with Gasteiger partial charge in [-0.1, -0.05) is 12.1 Å². The normalized spacial score (nSPS) is 11.3. The van der Waals surface area contributed by atoms with Crippen LogP contribution in [-0.4, -0.2) is 14.3 Å². The van der Waals surface area contributed by atoms with Crippen LogP contribution in [0.4, 0.5) is 5.69 Å². The van der Waals surface area contributed by atoms with Crippen LogP contribution in [0.25, 0.3) is 0 Å². The number of benzene rings is 2. The smallest absolute Gasteiger partial charge is 0.255 e. The van der Waals surface area contributed by atoms with Crippen LogP contribution in [0.5, 0.6) is 0 Å². The third-order valence-electron chi connectivity index (χ3n) is 3.46. The third kappa shape index (κ3) is 3.52. The molecule has 0 bridgehead atoms. The Balaban J connectivity index is 2.41. The number of carbonyl (C=O) groups is 1. The van der Waals surface area contributed by atoms with E-state index in [2.05, 4.69) is 5.32 Å². The number of aryl methyl sites for hydroxylation is 2. The van der Waals surface area contributed by atoms with E-state index in [0.717, 1.165) is 5.56 Å². The molecule has 2 aromatic rings. The number of hydrogen-bond donors (Lipinski definition) is 2. The zero-order valence-corrected chi connectivity index (χ0v) is 13.5. The lowest BCUT2D eigenvalue weighted by Gasteiger charge is -2.11. The van der Waals surface area contributed by atoms with Gasteiger partial charge in [-0.25, -0.2) is 13.6 Å². The second-order valence-electron chi connectivity index (χ2n) is 5.28. The van der Waals surface area contributed by atoms with E-state index in [0.29, 0.717) is 16.8 Å². The van der Waals surface area contributed by atoms with E-state index >= 15 is 0 Å². The molecule has 0 fully saturated rings. The molecule has 5 nitrogen and oxygen atoms in total. The molecule has 0 saturated heterocycles. The average molecular weight is 318 g/mol. The molecule has 3 N–H and O–H groups in total. The second-order valence-corrected chi connectivity index (χ2v) is 6.81. The predicted octanol–water partition coefficient (Wildman–Crippen LogP) is 2.51. The standard InChI is InChI=1S/C16H18N2O3S/c1-10-5-4-6-14(7-10)18-16(19)13-8-11(2)12(3)15(9-13)22(17,20)21/h4-9H,1-3H3,(H,18,19)(H2,17,20,21). The fraction of sp³-hybridized carbons (Fsp3) is 0.188. The molecular weight excluding hydrogens is 300 g/mol. The summed E-state index contributed by atoms with van der Waals surface area (Å²) in [5, 5.41) is 7.96. The summed E-state index contributed by atoms with van der Waals surface area (Å²) < 4.78 is 23.3. The van der Waals surface area contributed by atoms with Crippen molar-refractivity contribution in [3.05, 3.63) is 58.7 Å². The van der Waals surface area contributed by atoms with Crippen LogP contribution in [-0.2, 0) is 10.0 Å².